The van der Waals surface area contributed by atoms with Crippen molar-refractivity contribution >= 4 is 12.0 Å². The molecule has 0 aliphatic carbocycles. The van der Waals surface area contributed by atoms with E-state index in [0.717, 1.165) is 46.5 Å². The molecule has 3 aromatic rings. The molecule has 0 bridgehead atoms. The number of esters is 1. The maximum atomic E-state index is 12.2. The van der Waals surface area contributed by atoms with Gasteiger partial charge in [-0.25, -0.2) is 4.79 Å². The highest BCUT2D eigenvalue weighted by atomic mass is 16.7. The van der Waals surface area contributed by atoms with Crippen molar-refractivity contribution < 1.29 is 28.9 Å². The van der Waals surface area contributed by atoms with Crippen molar-refractivity contribution in [3.63, 3.8) is 0 Å². The molecule has 1 saturated heterocycles. The van der Waals surface area contributed by atoms with Gasteiger partial charge in [0.1, 0.15) is 6.54 Å². The number of nitrogens with one attached hydrogen (secondary N) is 2. The van der Waals surface area contributed by atoms with E-state index in [1.165, 1.54) is 0 Å². The number of carbonyl (C=O) groups excluding carboxylic acids is 2. The molecule has 1 aliphatic heterocycles. The van der Waals surface area contributed by atoms with Crippen LogP contribution >= 0.6 is 0 Å². The summed E-state index contributed by atoms with van der Waals surface area (Å²) in [6.45, 7) is 7.43. The molecule has 2 amide bonds. The average Bonchev–Trinajstić information content (AvgIpc) is 3.03. The Balaban J connectivity index is 1.47. The van der Waals surface area contributed by atoms with Crippen LogP contribution in [-0.4, -0.2) is 61.4 Å². The van der Waals surface area contributed by atoms with E-state index in [2.05, 4.69) is 22.1 Å². The van der Waals surface area contributed by atoms with Gasteiger partial charge >= 0.3 is 12.0 Å². The van der Waals surface area contributed by atoms with Crippen LogP contribution in [0.5, 0.6) is 0 Å². The number of nitrogens with zero attached hydrogens (tertiary/aromatic N) is 1. The van der Waals surface area contributed by atoms with Gasteiger partial charge in [0.05, 0.1) is 25.4 Å². The zero-order valence-corrected chi connectivity index (χ0v) is 24.8. The van der Waals surface area contributed by atoms with Gasteiger partial charge in [0.25, 0.3) is 0 Å². The quantitative estimate of drug-likeness (QED) is 0.193. The smallest absolute Gasteiger partial charge is 0.325 e. The number of urea groups is 1. The Morgan fingerprint density at radius 2 is 1.74 bits per heavy atom. The summed E-state index contributed by atoms with van der Waals surface area (Å²) in [5.74, 6) is -0.481. The lowest BCUT2D eigenvalue weighted by Gasteiger charge is -2.37. The molecule has 0 radical (unpaired) electrons. The zero-order valence-electron chi connectivity index (χ0n) is 24.8. The van der Waals surface area contributed by atoms with Gasteiger partial charge in [0.15, 0.2) is 6.29 Å². The predicted molar refractivity (Wildman–Crippen MR) is 165 cm³/mol. The van der Waals surface area contributed by atoms with Crippen LogP contribution in [0.4, 0.5) is 4.79 Å². The SMILES string of the molecule is C=CCN(C)C[C@H]1C[C@@H](c2ccc(CO)cc2)O[C@@H](c2ccc(-c3ccccc3CNC(=O)NCC(=O)OCC)cc2)O1. The number of likely N-dealkylation sites (N-methyl/N-ethyl adjacent to an activating group) is 1. The van der Waals surface area contributed by atoms with Crippen LogP contribution in [0.15, 0.2) is 85.5 Å². The lowest BCUT2D eigenvalue weighted by molar-refractivity contribution is -0.252. The first-order valence-electron chi connectivity index (χ1n) is 14.6. The summed E-state index contributed by atoms with van der Waals surface area (Å²) in [4.78, 5) is 25.9. The van der Waals surface area contributed by atoms with Crippen LogP contribution < -0.4 is 10.6 Å². The molecule has 43 heavy (non-hydrogen) atoms. The highest BCUT2D eigenvalue weighted by molar-refractivity contribution is 5.81. The molecule has 1 fully saturated rings. The van der Waals surface area contributed by atoms with Crippen molar-refractivity contribution in [3.05, 3.63) is 108 Å². The van der Waals surface area contributed by atoms with Crippen molar-refractivity contribution in [1.29, 1.82) is 0 Å². The molecular weight excluding hydrogens is 546 g/mol. The van der Waals surface area contributed by atoms with Crippen molar-refractivity contribution in [2.24, 2.45) is 0 Å². The number of benzene rings is 3. The van der Waals surface area contributed by atoms with Crippen LogP contribution in [0.1, 0.15) is 48.0 Å². The zero-order chi connectivity index (χ0) is 30.6. The van der Waals surface area contributed by atoms with Crippen LogP contribution in [0, 0.1) is 0 Å². The van der Waals surface area contributed by atoms with E-state index in [1.54, 1.807) is 6.92 Å². The van der Waals surface area contributed by atoms with Gasteiger partial charge in [0.2, 0.25) is 0 Å². The third kappa shape index (κ3) is 9.23. The van der Waals surface area contributed by atoms with Crippen molar-refractivity contribution in [3.8, 4) is 11.1 Å². The van der Waals surface area contributed by atoms with E-state index in [1.807, 2.05) is 85.9 Å². The minimum absolute atomic E-state index is 0.000728. The second-order valence-corrected chi connectivity index (χ2v) is 10.5. The predicted octanol–water partition coefficient (Wildman–Crippen LogP) is 4.87. The van der Waals surface area contributed by atoms with Crippen molar-refractivity contribution in [2.45, 2.75) is 45.0 Å². The van der Waals surface area contributed by atoms with Gasteiger partial charge in [-0.05, 0) is 41.8 Å². The van der Waals surface area contributed by atoms with E-state index >= 15 is 0 Å². The molecule has 9 heteroatoms. The van der Waals surface area contributed by atoms with E-state index in [0.29, 0.717) is 6.42 Å². The van der Waals surface area contributed by atoms with Gasteiger partial charge in [-0.3, -0.25) is 4.79 Å². The molecule has 1 heterocycles. The number of amides is 2. The first-order valence-corrected chi connectivity index (χ1v) is 14.6. The summed E-state index contributed by atoms with van der Waals surface area (Å²) < 4.78 is 17.8. The van der Waals surface area contributed by atoms with Gasteiger partial charge in [-0.15, -0.1) is 6.58 Å². The first-order chi connectivity index (χ1) is 20.9. The molecule has 0 spiro atoms. The Hall–Kier alpha value is -4.02. The number of rotatable bonds is 13. The van der Waals surface area contributed by atoms with E-state index < -0.39 is 18.3 Å². The molecule has 4 rings (SSSR count). The summed E-state index contributed by atoms with van der Waals surface area (Å²) in [5, 5.41) is 14.8. The number of hydrogen-bond acceptors (Lipinski definition) is 7. The normalized spacial score (nSPS) is 18.2. The summed E-state index contributed by atoms with van der Waals surface area (Å²) in [7, 11) is 2.05. The maximum absolute atomic E-state index is 12.2. The fourth-order valence-corrected chi connectivity index (χ4v) is 5.05. The Bertz CT molecular complexity index is 1340. The minimum atomic E-state index is -0.549. The van der Waals surface area contributed by atoms with Gasteiger partial charge in [-0.1, -0.05) is 78.9 Å². The molecule has 3 aromatic carbocycles. The van der Waals surface area contributed by atoms with Crippen LogP contribution in [0.2, 0.25) is 0 Å². The maximum Gasteiger partial charge on any atom is 0.325 e. The van der Waals surface area contributed by atoms with Crippen LogP contribution in [0.3, 0.4) is 0 Å². The molecule has 1 aliphatic rings. The van der Waals surface area contributed by atoms with Gasteiger partial charge in [-0.2, -0.15) is 0 Å². The molecule has 228 valence electrons. The Morgan fingerprint density at radius 3 is 2.44 bits per heavy atom. The lowest BCUT2D eigenvalue weighted by atomic mass is 9.97. The van der Waals surface area contributed by atoms with Crippen molar-refractivity contribution in [2.75, 3.05) is 33.3 Å². The fourth-order valence-electron chi connectivity index (χ4n) is 5.05. The average molecular weight is 588 g/mol. The minimum Gasteiger partial charge on any atom is -0.465 e. The van der Waals surface area contributed by atoms with Gasteiger partial charge in [0, 0.05) is 31.6 Å². The second kappa shape index (κ2) is 16.0. The molecule has 9 nitrogen and oxygen atoms in total. The first kappa shape index (κ1) is 31.9. The number of aliphatic hydroxyl groups is 1. The van der Waals surface area contributed by atoms with Gasteiger partial charge < -0.3 is 34.9 Å². The van der Waals surface area contributed by atoms with Crippen LogP contribution in [-0.2, 0) is 32.2 Å². The Labute approximate surface area is 253 Å². The summed E-state index contributed by atoms with van der Waals surface area (Å²) >= 11 is 0. The molecule has 3 N–H and O–H groups in total. The van der Waals surface area contributed by atoms with Crippen LogP contribution in [0.25, 0.3) is 11.1 Å². The van der Waals surface area contributed by atoms with E-state index in [-0.39, 0.29) is 38.5 Å². The molecular formula is C34H41N3O6. The van der Waals surface area contributed by atoms with Crippen molar-refractivity contribution in [1.82, 2.24) is 15.5 Å². The molecule has 0 saturated carbocycles. The highest BCUT2D eigenvalue weighted by Gasteiger charge is 2.32. The molecule has 3 atom stereocenters. The highest BCUT2D eigenvalue weighted by Crippen LogP contribution is 2.38. The summed E-state index contributed by atoms with van der Waals surface area (Å²) in [6.07, 6.45) is 1.84. The summed E-state index contributed by atoms with van der Waals surface area (Å²) in [5.41, 5.74) is 5.72. The number of aliphatic hydroxyl groups excluding tert-OH is 1. The molecule has 0 aromatic heterocycles. The third-order valence-corrected chi connectivity index (χ3v) is 7.22. The lowest BCUT2D eigenvalue weighted by Crippen LogP contribution is -2.38. The molecule has 0 unspecified atom stereocenters. The Morgan fingerprint density at radius 1 is 1.02 bits per heavy atom. The standard InChI is InChI=1S/C34H41N3O6/c1-4-18-37(3)22-29-19-31(26-12-10-24(23-38)11-13-26)43-33(42-29)27-16-14-25(15-17-27)30-9-7-6-8-28(30)20-35-34(40)36-21-32(39)41-5-2/h4,6-17,29,31,33,38H,1,5,18-23H2,2-3H3,(H2,35,36,40)/t29-,31+,33+/m1/s1. The van der Waals surface area contributed by atoms with E-state index in [9.17, 15) is 14.7 Å². The number of hydrogen-bond donors (Lipinski definition) is 3. The number of ether oxygens (including phenoxy) is 3. The second-order valence-electron chi connectivity index (χ2n) is 10.5. The largest absolute Gasteiger partial charge is 0.465 e. The Kier molecular flexibility index (Phi) is 11.9. The monoisotopic (exact) mass is 587 g/mol. The third-order valence-electron chi connectivity index (χ3n) is 7.22. The number of carbonyl (C=O) groups is 2. The van der Waals surface area contributed by atoms with E-state index in [4.69, 9.17) is 14.2 Å². The fraction of sp³-hybridized carbons (Fsp3) is 0.353. The topological polar surface area (TPSA) is 109 Å². The summed E-state index contributed by atoms with van der Waals surface area (Å²) in [6, 6.07) is 23.3.